The van der Waals surface area contributed by atoms with Crippen molar-refractivity contribution in [2.24, 2.45) is 0 Å². The number of aromatic nitrogens is 2. The van der Waals surface area contributed by atoms with Crippen LogP contribution in [0.2, 0.25) is 0 Å². The Labute approximate surface area is 98.2 Å². The number of hydrogen-bond donors (Lipinski definition) is 1. The van der Waals surface area contributed by atoms with Crippen molar-refractivity contribution in [3.8, 4) is 0 Å². The van der Waals surface area contributed by atoms with Gasteiger partial charge in [0.05, 0.1) is 5.69 Å². The van der Waals surface area contributed by atoms with Crippen LogP contribution < -0.4 is 5.43 Å². The fourth-order valence-corrected chi connectivity index (χ4v) is 2.46. The van der Waals surface area contributed by atoms with E-state index in [0.717, 1.165) is 11.5 Å². The van der Waals surface area contributed by atoms with Gasteiger partial charge in [0.2, 0.25) is 0 Å². The molecule has 16 heavy (non-hydrogen) atoms. The Morgan fingerprint density at radius 3 is 2.62 bits per heavy atom. The van der Waals surface area contributed by atoms with Gasteiger partial charge in [-0.15, -0.1) is 0 Å². The van der Waals surface area contributed by atoms with Gasteiger partial charge in [-0.3, -0.25) is 4.68 Å². The molecule has 0 unspecified atom stereocenters. The van der Waals surface area contributed by atoms with Crippen molar-refractivity contribution in [1.29, 1.82) is 0 Å². The van der Waals surface area contributed by atoms with E-state index in [2.05, 4.69) is 42.1 Å². The summed E-state index contributed by atoms with van der Waals surface area (Å²) in [7, 11) is 0. The van der Waals surface area contributed by atoms with Gasteiger partial charge in [-0.1, -0.05) is 33.1 Å². The molecule has 0 radical (unpaired) electrons. The summed E-state index contributed by atoms with van der Waals surface area (Å²) >= 11 is 0. The zero-order valence-corrected chi connectivity index (χ0v) is 10.7. The van der Waals surface area contributed by atoms with Crippen LogP contribution in [0, 0.1) is 6.92 Å². The second-order valence-corrected chi connectivity index (χ2v) is 5.23. The third-order valence-corrected chi connectivity index (χ3v) is 3.30. The first-order chi connectivity index (χ1) is 7.66. The summed E-state index contributed by atoms with van der Waals surface area (Å²) in [6.07, 6.45) is 8.84. The first-order valence-electron chi connectivity index (χ1n) is 6.49. The van der Waals surface area contributed by atoms with Gasteiger partial charge in [-0.2, -0.15) is 0 Å². The van der Waals surface area contributed by atoms with E-state index in [1.54, 1.807) is 0 Å². The number of nitrogens with one attached hydrogen (secondary N) is 1. The smallest absolute Gasteiger partial charge is 0.130 e. The molecular weight excluding hydrogens is 198 g/mol. The lowest BCUT2D eigenvalue weighted by Crippen LogP contribution is -2.30. The molecule has 2 rings (SSSR count). The Morgan fingerprint density at radius 1 is 1.31 bits per heavy atom. The molecule has 0 atom stereocenters. The number of imidazole rings is 1. The molecule has 0 amide bonds. The van der Waals surface area contributed by atoms with Crippen LogP contribution in [0.1, 0.15) is 63.4 Å². The minimum absolute atomic E-state index is 0.477. The van der Waals surface area contributed by atoms with Gasteiger partial charge in [-0.05, 0) is 19.8 Å². The molecular formula is C13H23N3. The molecule has 1 fully saturated rings. The highest BCUT2D eigenvalue weighted by molar-refractivity contribution is 5.08. The summed E-state index contributed by atoms with van der Waals surface area (Å²) in [4.78, 5) is 4.58. The maximum atomic E-state index is 4.58. The Bertz CT molecular complexity index is 335. The average molecular weight is 221 g/mol. The number of hydrogen-bond acceptors (Lipinski definition) is 2. The lowest BCUT2D eigenvalue weighted by molar-refractivity contribution is 0.434. The highest BCUT2D eigenvalue weighted by Crippen LogP contribution is 2.20. The highest BCUT2D eigenvalue weighted by atomic mass is 15.4. The van der Waals surface area contributed by atoms with Crippen molar-refractivity contribution in [2.75, 3.05) is 5.43 Å². The Hall–Kier alpha value is -0.990. The molecule has 1 N–H and O–H groups in total. The maximum absolute atomic E-state index is 4.58. The highest BCUT2D eigenvalue weighted by Gasteiger charge is 2.16. The maximum Gasteiger partial charge on any atom is 0.130 e. The molecule has 3 heteroatoms. The fraction of sp³-hybridized carbons (Fsp3) is 0.769. The summed E-state index contributed by atoms with van der Waals surface area (Å²) in [6.45, 7) is 6.45. The minimum atomic E-state index is 0.477. The molecule has 0 aromatic carbocycles. The standard InChI is InChI=1S/C13H23N3/c1-10(2)13-14-11(3)9-16(13)15-12-7-5-4-6-8-12/h9-10,12,15H,4-8H2,1-3H3. The average Bonchev–Trinajstić information content (AvgIpc) is 2.61. The Kier molecular flexibility index (Phi) is 3.52. The van der Waals surface area contributed by atoms with Crippen LogP contribution in [0.25, 0.3) is 0 Å². The van der Waals surface area contributed by atoms with Gasteiger partial charge in [0, 0.05) is 18.2 Å². The van der Waals surface area contributed by atoms with Crippen LogP contribution >= 0.6 is 0 Å². The van der Waals surface area contributed by atoms with Crippen molar-refractivity contribution in [1.82, 2.24) is 9.66 Å². The molecule has 1 aliphatic carbocycles. The second kappa shape index (κ2) is 4.89. The van der Waals surface area contributed by atoms with Crippen molar-refractivity contribution in [3.63, 3.8) is 0 Å². The summed E-state index contributed by atoms with van der Waals surface area (Å²) in [5.41, 5.74) is 4.71. The van der Waals surface area contributed by atoms with Crippen LogP contribution in [0.4, 0.5) is 0 Å². The lowest BCUT2D eigenvalue weighted by Gasteiger charge is -2.25. The molecule has 1 aromatic rings. The summed E-state index contributed by atoms with van der Waals surface area (Å²) < 4.78 is 2.15. The van der Waals surface area contributed by atoms with Crippen LogP contribution in [0.5, 0.6) is 0 Å². The molecule has 0 bridgehead atoms. The largest absolute Gasteiger partial charge is 0.322 e. The molecule has 0 saturated heterocycles. The number of aryl methyl sites for hydroxylation is 1. The molecule has 3 nitrogen and oxygen atoms in total. The monoisotopic (exact) mass is 221 g/mol. The van der Waals surface area contributed by atoms with E-state index < -0.39 is 0 Å². The van der Waals surface area contributed by atoms with Crippen molar-refractivity contribution < 1.29 is 0 Å². The van der Waals surface area contributed by atoms with Gasteiger partial charge >= 0.3 is 0 Å². The quantitative estimate of drug-likeness (QED) is 0.849. The van der Waals surface area contributed by atoms with Crippen LogP contribution in [-0.2, 0) is 0 Å². The molecule has 1 aromatic heterocycles. The van der Waals surface area contributed by atoms with E-state index in [0.29, 0.717) is 12.0 Å². The number of nitrogens with zero attached hydrogens (tertiary/aromatic N) is 2. The van der Waals surface area contributed by atoms with Gasteiger partial charge in [0.25, 0.3) is 0 Å². The summed E-state index contributed by atoms with van der Waals surface area (Å²) in [5.74, 6) is 1.63. The van der Waals surface area contributed by atoms with Crippen LogP contribution in [0.15, 0.2) is 6.20 Å². The normalized spacial score (nSPS) is 18.0. The molecule has 0 spiro atoms. The van der Waals surface area contributed by atoms with E-state index in [1.165, 1.54) is 32.1 Å². The SMILES string of the molecule is Cc1cn(NC2CCCCC2)c(C(C)C)n1. The third-order valence-electron chi connectivity index (χ3n) is 3.30. The van der Waals surface area contributed by atoms with E-state index in [1.807, 2.05) is 0 Å². The second-order valence-electron chi connectivity index (χ2n) is 5.23. The van der Waals surface area contributed by atoms with Crippen molar-refractivity contribution >= 4 is 0 Å². The first-order valence-corrected chi connectivity index (χ1v) is 6.49. The molecule has 1 aliphatic rings. The van der Waals surface area contributed by atoms with E-state index in [9.17, 15) is 0 Å². The summed E-state index contributed by atoms with van der Waals surface area (Å²) in [5, 5.41) is 0. The van der Waals surface area contributed by atoms with Crippen molar-refractivity contribution in [3.05, 3.63) is 17.7 Å². The van der Waals surface area contributed by atoms with Gasteiger partial charge in [0.15, 0.2) is 0 Å². The topological polar surface area (TPSA) is 29.9 Å². The van der Waals surface area contributed by atoms with Gasteiger partial charge in [0.1, 0.15) is 5.82 Å². The van der Waals surface area contributed by atoms with E-state index in [-0.39, 0.29) is 0 Å². The predicted octanol–water partition coefficient (Wildman–Crippen LogP) is 3.19. The Morgan fingerprint density at radius 2 is 2.00 bits per heavy atom. The molecule has 90 valence electrons. The summed E-state index contributed by atoms with van der Waals surface area (Å²) in [6, 6.07) is 0.639. The fourth-order valence-electron chi connectivity index (χ4n) is 2.46. The Balaban J connectivity index is 2.07. The zero-order chi connectivity index (χ0) is 11.5. The molecule has 0 aliphatic heterocycles. The van der Waals surface area contributed by atoms with Crippen LogP contribution in [-0.4, -0.2) is 15.7 Å². The van der Waals surface area contributed by atoms with Crippen molar-refractivity contribution in [2.45, 2.75) is 64.8 Å². The van der Waals surface area contributed by atoms with Gasteiger partial charge in [-0.25, -0.2) is 4.98 Å². The molecule has 1 heterocycles. The first kappa shape index (κ1) is 11.5. The van der Waals surface area contributed by atoms with E-state index in [4.69, 9.17) is 0 Å². The third kappa shape index (κ3) is 2.57. The number of rotatable bonds is 3. The zero-order valence-electron chi connectivity index (χ0n) is 10.7. The predicted molar refractivity (Wildman–Crippen MR) is 67.3 cm³/mol. The lowest BCUT2D eigenvalue weighted by atomic mass is 9.96. The van der Waals surface area contributed by atoms with Crippen LogP contribution in [0.3, 0.4) is 0 Å². The van der Waals surface area contributed by atoms with E-state index >= 15 is 0 Å². The molecule has 1 saturated carbocycles. The van der Waals surface area contributed by atoms with Gasteiger partial charge < -0.3 is 5.43 Å². The minimum Gasteiger partial charge on any atom is -0.322 e.